The molecule has 25 heavy (non-hydrogen) atoms. The van der Waals surface area contributed by atoms with Gasteiger partial charge in [-0.1, -0.05) is 12.8 Å². The number of unbranched alkanes of at least 4 members (excludes halogenated alkanes) is 2. The molecule has 0 aromatic heterocycles. The molecule has 0 aliphatic rings. The quantitative estimate of drug-likeness (QED) is 0.257. The molecule has 5 atom stereocenters. The molecule has 0 fully saturated rings. The molecule has 0 rings (SSSR count). The maximum absolute atomic E-state index is 10.6. The number of rotatable bonds is 15. The molecule has 8 nitrogen and oxygen atoms in total. The van der Waals surface area contributed by atoms with Crippen LogP contribution in [-0.4, -0.2) is 72.6 Å². The highest BCUT2D eigenvalue weighted by Crippen LogP contribution is 2.15. The molecule has 0 amide bonds. The van der Waals surface area contributed by atoms with Crippen LogP contribution in [0.5, 0.6) is 0 Å². The Morgan fingerprint density at radius 1 is 0.960 bits per heavy atom. The maximum Gasteiger partial charge on any atom is 0.235 e. The molecule has 0 radical (unpaired) electrons. The smallest absolute Gasteiger partial charge is 0.235 e. The first-order valence-corrected chi connectivity index (χ1v) is 8.62. The van der Waals surface area contributed by atoms with E-state index >= 15 is 0 Å². The third kappa shape index (κ3) is 12.6. The van der Waals surface area contributed by atoms with E-state index in [9.17, 15) is 14.7 Å². The largest absolute Gasteiger partial charge is 0.391 e. The van der Waals surface area contributed by atoms with Crippen molar-refractivity contribution in [1.82, 2.24) is 0 Å². The highest BCUT2D eigenvalue weighted by molar-refractivity contribution is 5.33. The summed E-state index contributed by atoms with van der Waals surface area (Å²) in [6.45, 7) is 6.05. The minimum atomic E-state index is -0.932. The second-order valence-electron chi connectivity index (χ2n) is 6.13. The van der Waals surface area contributed by atoms with E-state index in [-0.39, 0.29) is 19.3 Å². The number of carbonyl (C=O) groups excluding carboxylic acids is 2. The van der Waals surface area contributed by atoms with Gasteiger partial charge in [-0.15, -0.1) is 0 Å². The van der Waals surface area contributed by atoms with Crippen molar-refractivity contribution in [3.05, 3.63) is 0 Å². The van der Waals surface area contributed by atoms with Gasteiger partial charge in [-0.2, -0.15) is 4.99 Å². The second kappa shape index (κ2) is 14.9. The van der Waals surface area contributed by atoms with Gasteiger partial charge < -0.3 is 19.7 Å². The van der Waals surface area contributed by atoms with Gasteiger partial charge in [0.15, 0.2) is 0 Å². The third-order valence-electron chi connectivity index (χ3n) is 3.64. The van der Waals surface area contributed by atoms with Crippen molar-refractivity contribution in [3.8, 4) is 0 Å². The van der Waals surface area contributed by atoms with E-state index in [1.165, 1.54) is 12.2 Å². The summed E-state index contributed by atoms with van der Waals surface area (Å²) in [5.41, 5.74) is 0. The monoisotopic (exact) mass is 358 g/mol. The molecule has 0 spiro atoms. The van der Waals surface area contributed by atoms with E-state index in [0.29, 0.717) is 13.0 Å². The van der Waals surface area contributed by atoms with Gasteiger partial charge in [0, 0.05) is 0 Å². The van der Waals surface area contributed by atoms with E-state index < -0.39 is 24.4 Å². The number of isocyanates is 2. The lowest BCUT2D eigenvalue weighted by atomic mass is 10.0. The van der Waals surface area contributed by atoms with Crippen LogP contribution >= 0.6 is 0 Å². The highest BCUT2D eigenvalue weighted by atomic mass is 16.5. The Morgan fingerprint density at radius 2 is 1.68 bits per heavy atom. The number of ether oxygens (including phenoxy) is 2. The highest BCUT2D eigenvalue weighted by Gasteiger charge is 2.25. The molecule has 8 heteroatoms. The molecular formula is C17H30N2O6. The number of aliphatic hydroxyl groups is 2. The predicted octanol–water partition coefficient (Wildman–Crippen LogP) is 1.14. The number of aliphatic imine (C=N–C) groups is 2. The van der Waals surface area contributed by atoms with Gasteiger partial charge in [0.1, 0.15) is 6.10 Å². The van der Waals surface area contributed by atoms with Crippen LogP contribution < -0.4 is 0 Å². The molecule has 0 aromatic rings. The third-order valence-corrected chi connectivity index (χ3v) is 3.64. The molecular weight excluding hydrogens is 328 g/mol. The molecule has 0 bridgehead atoms. The summed E-state index contributed by atoms with van der Waals surface area (Å²) < 4.78 is 11.0. The Bertz CT molecular complexity index is 433. The molecule has 0 aliphatic heterocycles. The Labute approximate surface area is 149 Å². The summed E-state index contributed by atoms with van der Waals surface area (Å²) in [6, 6.07) is -0.587. The molecule has 0 aromatic carbocycles. The van der Waals surface area contributed by atoms with Gasteiger partial charge in [0.25, 0.3) is 0 Å². The van der Waals surface area contributed by atoms with Crippen molar-refractivity contribution < 1.29 is 29.3 Å². The number of hydrogen-bond acceptors (Lipinski definition) is 8. The Balaban J connectivity index is 4.24. The Hall–Kier alpha value is -1.40. The van der Waals surface area contributed by atoms with Crippen molar-refractivity contribution in [1.29, 1.82) is 0 Å². The van der Waals surface area contributed by atoms with Gasteiger partial charge in [-0.25, -0.2) is 14.6 Å². The normalized spacial score (nSPS) is 16.8. The minimum absolute atomic E-state index is 0.216. The summed E-state index contributed by atoms with van der Waals surface area (Å²) in [5, 5.41) is 19.5. The van der Waals surface area contributed by atoms with Crippen LogP contribution in [0.1, 0.15) is 46.5 Å². The van der Waals surface area contributed by atoms with Crippen molar-refractivity contribution in [2.75, 3.05) is 19.8 Å². The van der Waals surface area contributed by atoms with Crippen molar-refractivity contribution >= 4 is 12.2 Å². The molecule has 0 heterocycles. The van der Waals surface area contributed by atoms with E-state index in [1.807, 2.05) is 6.92 Å². The SMILES string of the molecule is CC(O)COC(C)COC(C)C(O)C(CCCCCN=C=O)N=C=O. The lowest BCUT2D eigenvalue weighted by molar-refractivity contribution is -0.0860. The Morgan fingerprint density at radius 3 is 2.28 bits per heavy atom. The number of aliphatic hydroxyl groups excluding tert-OH is 2. The lowest BCUT2D eigenvalue weighted by Crippen LogP contribution is -2.38. The van der Waals surface area contributed by atoms with Crippen LogP contribution in [0.4, 0.5) is 0 Å². The van der Waals surface area contributed by atoms with E-state index in [0.717, 1.165) is 19.3 Å². The van der Waals surface area contributed by atoms with Gasteiger partial charge in [0.2, 0.25) is 12.2 Å². The molecule has 2 N–H and O–H groups in total. The Kier molecular flexibility index (Phi) is 14.1. The van der Waals surface area contributed by atoms with Crippen LogP contribution in [0, 0.1) is 0 Å². The topological polar surface area (TPSA) is 118 Å². The van der Waals surface area contributed by atoms with Crippen molar-refractivity contribution in [2.24, 2.45) is 9.98 Å². The molecule has 5 unspecified atom stereocenters. The van der Waals surface area contributed by atoms with E-state index in [2.05, 4.69) is 9.98 Å². The van der Waals surface area contributed by atoms with Crippen LogP contribution in [0.2, 0.25) is 0 Å². The van der Waals surface area contributed by atoms with E-state index in [1.54, 1.807) is 13.8 Å². The summed E-state index contributed by atoms with van der Waals surface area (Å²) in [4.78, 5) is 27.7. The predicted molar refractivity (Wildman–Crippen MR) is 91.9 cm³/mol. The first-order chi connectivity index (χ1) is 11.9. The summed E-state index contributed by atoms with van der Waals surface area (Å²) >= 11 is 0. The van der Waals surface area contributed by atoms with Gasteiger partial charge in [0.05, 0.1) is 44.1 Å². The lowest BCUT2D eigenvalue weighted by Gasteiger charge is -2.25. The molecule has 144 valence electrons. The summed E-state index contributed by atoms with van der Waals surface area (Å²) in [5.74, 6) is 0. The van der Waals surface area contributed by atoms with Gasteiger partial charge >= 0.3 is 0 Å². The zero-order valence-electron chi connectivity index (χ0n) is 15.3. The van der Waals surface area contributed by atoms with Crippen LogP contribution in [0.15, 0.2) is 9.98 Å². The summed E-state index contributed by atoms with van der Waals surface area (Å²) in [6.07, 6.45) is 3.55. The minimum Gasteiger partial charge on any atom is -0.391 e. The average Bonchev–Trinajstić information content (AvgIpc) is 2.59. The fraction of sp³-hybridized carbons (Fsp3) is 0.882. The van der Waals surface area contributed by atoms with Crippen LogP contribution in [0.3, 0.4) is 0 Å². The van der Waals surface area contributed by atoms with Crippen molar-refractivity contribution in [3.63, 3.8) is 0 Å². The fourth-order valence-electron chi connectivity index (χ4n) is 2.20. The molecule has 0 saturated heterocycles. The van der Waals surface area contributed by atoms with Crippen molar-refractivity contribution in [2.45, 2.75) is 76.9 Å². The molecule has 0 aliphatic carbocycles. The fourth-order valence-corrected chi connectivity index (χ4v) is 2.20. The van der Waals surface area contributed by atoms with Gasteiger partial charge in [-0.05, 0) is 33.6 Å². The van der Waals surface area contributed by atoms with Gasteiger partial charge in [-0.3, -0.25) is 0 Å². The zero-order chi connectivity index (χ0) is 19.1. The first-order valence-electron chi connectivity index (χ1n) is 8.62. The second-order valence-corrected chi connectivity index (χ2v) is 6.13. The average molecular weight is 358 g/mol. The summed E-state index contributed by atoms with van der Waals surface area (Å²) in [7, 11) is 0. The zero-order valence-corrected chi connectivity index (χ0v) is 15.3. The van der Waals surface area contributed by atoms with Crippen LogP contribution in [0.25, 0.3) is 0 Å². The van der Waals surface area contributed by atoms with Crippen LogP contribution in [-0.2, 0) is 19.1 Å². The maximum atomic E-state index is 10.6. The molecule has 0 saturated carbocycles. The number of nitrogens with zero attached hydrogens (tertiary/aromatic N) is 2. The first kappa shape index (κ1) is 23.6. The number of hydrogen-bond donors (Lipinski definition) is 2. The van der Waals surface area contributed by atoms with E-state index in [4.69, 9.17) is 14.6 Å². The standard InChI is InChI=1S/C17H30N2O6/c1-13(22)9-24-14(2)10-25-15(3)17(23)16(19-12-21)7-5-4-6-8-18-11-20/h13-17,22-23H,4-10H2,1-3H3.